The Morgan fingerprint density at radius 1 is 1.22 bits per heavy atom. The van der Waals surface area contributed by atoms with E-state index in [1.54, 1.807) is 0 Å². The van der Waals surface area contributed by atoms with E-state index in [9.17, 15) is 9.90 Å². The summed E-state index contributed by atoms with van der Waals surface area (Å²) in [6.07, 6.45) is 1.62. The Balaban J connectivity index is 1.40. The molecule has 4 aliphatic heterocycles. The molecule has 0 amide bonds. The third-order valence-electron chi connectivity index (χ3n) is 9.62. The largest absolute Gasteiger partial charge is 0.458 e. The first-order chi connectivity index (χ1) is 12.7. The lowest BCUT2D eigenvalue weighted by Crippen LogP contribution is -2.70. The molecule has 2 saturated carbocycles. The molecule has 1 N–H and O–H groups in total. The van der Waals surface area contributed by atoms with Crippen LogP contribution in [0.15, 0.2) is 11.1 Å². The summed E-state index contributed by atoms with van der Waals surface area (Å²) >= 11 is 0. The van der Waals surface area contributed by atoms with Gasteiger partial charge in [0.15, 0.2) is 5.60 Å². The molecule has 0 radical (unpaired) electrons. The number of rotatable bonds is 1. The standard InChI is InChI=1S/C21H26O6/c1-9(2)19-15(23)20-13(25-20)7-12-11-8-24-14(22)10(11)5-6-17(12,3)21(20)16(26-21)18(19,4)27-19/h9,12-13,15-16,23H,5-8H2,1-4H3/t12-,13-,15+,16-,17-,18-,19+,20+,21?/m0/s1. The number of aliphatic hydroxyl groups is 1. The van der Waals surface area contributed by atoms with Crippen molar-refractivity contribution < 1.29 is 28.8 Å². The molecule has 0 aromatic rings. The maximum atomic E-state index is 12.1. The van der Waals surface area contributed by atoms with Gasteiger partial charge >= 0.3 is 5.97 Å². The fraction of sp³-hybridized carbons (Fsp3) is 0.857. The zero-order valence-electron chi connectivity index (χ0n) is 16.2. The van der Waals surface area contributed by atoms with Gasteiger partial charge in [0.2, 0.25) is 0 Å². The summed E-state index contributed by atoms with van der Waals surface area (Å²) < 4.78 is 24.7. The van der Waals surface area contributed by atoms with Crippen molar-refractivity contribution in [2.75, 3.05) is 6.61 Å². The van der Waals surface area contributed by atoms with Crippen molar-refractivity contribution in [3.05, 3.63) is 11.1 Å². The van der Waals surface area contributed by atoms with Gasteiger partial charge in [-0.1, -0.05) is 20.8 Å². The lowest BCUT2D eigenvalue weighted by atomic mass is 9.45. The van der Waals surface area contributed by atoms with Gasteiger partial charge in [-0.25, -0.2) is 4.79 Å². The summed E-state index contributed by atoms with van der Waals surface area (Å²) in [5.74, 6) is 0.247. The van der Waals surface area contributed by atoms with Crippen LogP contribution < -0.4 is 0 Å². The van der Waals surface area contributed by atoms with Crippen LogP contribution in [0.4, 0.5) is 0 Å². The lowest BCUT2D eigenvalue weighted by Gasteiger charge is -2.54. The first kappa shape index (κ1) is 15.9. The van der Waals surface area contributed by atoms with Gasteiger partial charge in [-0.05, 0) is 43.6 Å². The molecule has 3 saturated heterocycles. The molecule has 1 unspecified atom stereocenters. The van der Waals surface area contributed by atoms with E-state index in [0.29, 0.717) is 6.61 Å². The minimum Gasteiger partial charge on any atom is -0.458 e. The molecule has 6 heteroatoms. The Kier molecular flexibility index (Phi) is 2.29. The van der Waals surface area contributed by atoms with Crippen LogP contribution in [0.25, 0.3) is 0 Å². The molecular formula is C21H26O6. The topological polar surface area (TPSA) is 84.1 Å². The van der Waals surface area contributed by atoms with E-state index < -0.39 is 28.5 Å². The van der Waals surface area contributed by atoms with Crippen molar-refractivity contribution in [1.82, 2.24) is 0 Å². The second-order valence-electron chi connectivity index (χ2n) is 10.5. The van der Waals surface area contributed by atoms with Crippen LogP contribution in [0.1, 0.15) is 47.0 Å². The minimum absolute atomic E-state index is 0.0393. The van der Waals surface area contributed by atoms with Crippen molar-refractivity contribution in [2.45, 2.75) is 87.7 Å². The van der Waals surface area contributed by atoms with E-state index >= 15 is 0 Å². The Hall–Kier alpha value is -0.950. The number of ether oxygens (including phenoxy) is 4. The van der Waals surface area contributed by atoms with E-state index in [2.05, 4.69) is 27.7 Å². The Morgan fingerprint density at radius 2 is 2.00 bits per heavy atom. The average Bonchev–Trinajstić information content (AvgIpc) is 3.50. The molecule has 0 aromatic heterocycles. The summed E-state index contributed by atoms with van der Waals surface area (Å²) in [4.78, 5) is 12.1. The Bertz CT molecular complexity index is 865. The van der Waals surface area contributed by atoms with Crippen LogP contribution in [-0.2, 0) is 23.7 Å². The molecule has 0 aromatic carbocycles. The molecule has 0 bridgehead atoms. The number of hydrogen-bond acceptors (Lipinski definition) is 6. The number of cyclic esters (lactones) is 1. The SMILES string of the molecule is CC(C)[C@]12O[C@@]1(C)[C@@H]1OC13[C@]1(O[C@H]1C[C@H]1C4=C(CC[C@@]13C)C(=O)OC4)[C@@H]2O. The summed E-state index contributed by atoms with van der Waals surface area (Å²) in [7, 11) is 0. The van der Waals surface area contributed by atoms with E-state index in [0.717, 1.165) is 30.4 Å². The summed E-state index contributed by atoms with van der Waals surface area (Å²) in [6, 6.07) is 0. The van der Waals surface area contributed by atoms with Crippen molar-refractivity contribution >= 4 is 5.97 Å². The minimum atomic E-state index is -0.687. The van der Waals surface area contributed by atoms with Gasteiger partial charge in [0.25, 0.3) is 0 Å². The van der Waals surface area contributed by atoms with E-state index in [4.69, 9.17) is 18.9 Å². The van der Waals surface area contributed by atoms with Crippen LogP contribution in [0.3, 0.4) is 0 Å². The van der Waals surface area contributed by atoms with Gasteiger partial charge < -0.3 is 24.1 Å². The van der Waals surface area contributed by atoms with Gasteiger partial charge in [0.1, 0.15) is 35.6 Å². The number of esters is 1. The lowest BCUT2D eigenvalue weighted by molar-refractivity contribution is -0.136. The van der Waals surface area contributed by atoms with Crippen molar-refractivity contribution in [3.63, 3.8) is 0 Å². The molecule has 9 atom stereocenters. The van der Waals surface area contributed by atoms with Crippen molar-refractivity contribution in [1.29, 1.82) is 0 Å². The fourth-order valence-electron chi connectivity index (χ4n) is 8.29. The molecular weight excluding hydrogens is 348 g/mol. The molecule has 4 heterocycles. The Morgan fingerprint density at radius 3 is 2.74 bits per heavy atom. The maximum Gasteiger partial charge on any atom is 0.334 e. The second kappa shape index (κ2) is 3.89. The van der Waals surface area contributed by atoms with Crippen LogP contribution in [0, 0.1) is 17.3 Å². The monoisotopic (exact) mass is 374 g/mol. The molecule has 2 spiro atoms. The van der Waals surface area contributed by atoms with E-state index in [1.807, 2.05) is 0 Å². The number of hydrogen-bond donors (Lipinski definition) is 1. The second-order valence-corrected chi connectivity index (χ2v) is 10.5. The zero-order chi connectivity index (χ0) is 18.8. The molecule has 7 rings (SSSR count). The quantitative estimate of drug-likeness (QED) is 0.553. The highest BCUT2D eigenvalue weighted by atomic mass is 16.8. The number of carbonyl (C=O) groups is 1. The van der Waals surface area contributed by atoms with Gasteiger partial charge in [-0.3, -0.25) is 0 Å². The predicted octanol–water partition coefficient (Wildman–Crippen LogP) is 1.49. The summed E-state index contributed by atoms with van der Waals surface area (Å²) in [5.41, 5.74) is -0.396. The highest BCUT2D eigenvalue weighted by Gasteiger charge is 3.03. The van der Waals surface area contributed by atoms with Crippen molar-refractivity contribution in [3.8, 4) is 0 Å². The molecule has 146 valence electrons. The summed E-state index contributed by atoms with van der Waals surface area (Å²) in [6.45, 7) is 9.02. The fourth-order valence-corrected chi connectivity index (χ4v) is 8.29. The van der Waals surface area contributed by atoms with Crippen molar-refractivity contribution in [2.24, 2.45) is 17.3 Å². The molecule has 7 aliphatic rings. The molecule has 6 nitrogen and oxygen atoms in total. The molecule has 27 heavy (non-hydrogen) atoms. The molecule has 3 aliphatic carbocycles. The highest BCUT2D eigenvalue weighted by molar-refractivity contribution is 5.92. The third kappa shape index (κ3) is 1.21. The van der Waals surface area contributed by atoms with Crippen LogP contribution in [0.2, 0.25) is 0 Å². The van der Waals surface area contributed by atoms with E-state index in [1.165, 1.54) is 0 Å². The predicted molar refractivity (Wildman–Crippen MR) is 91.7 cm³/mol. The molecule has 5 fully saturated rings. The first-order valence-electron chi connectivity index (χ1n) is 10.3. The van der Waals surface area contributed by atoms with Crippen LogP contribution in [0.5, 0.6) is 0 Å². The van der Waals surface area contributed by atoms with Gasteiger partial charge in [0, 0.05) is 11.0 Å². The van der Waals surface area contributed by atoms with Crippen LogP contribution in [-0.4, -0.2) is 58.4 Å². The Labute approximate surface area is 158 Å². The highest BCUT2D eigenvalue weighted by Crippen LogP contribution is 2.85. The van der Waals surface area contributed by atoms with Gasteiger partial charge in [-0.2, -0.15) is 0 Å². The average molecular weight is 374 g/mol. The number of aliphatic hydroxyl groups excluding tert-OH is 1. The smallest absolute Gasteiger partial charge is 0.334 e. The number of carbonyl (C=O) groups excluding carboxylic acids is 1. The summed E-state index contributed by atoms with van der Waals surface area (Å²) in [5, 5.41) is 11.6. The zero-order valence-corrected chi connectivity index (χ0v) is 16.2. The van der Waals surface area contributed by atoms with E-state index in [-0.39, 0.29) is 35.4 Å². The normalized spacial score (nSPS) is 64.0. The number of fused-ring (bicyclic) bond motifs is 4. The maximum absolute atomic E-state index is 12.1. The van der Waals surface area contributed by atoms with Gasteiger partial charge in [0.05, 0.1) is 6.10 Å². The first-order valence-corrected chi connectivity index (χ1v) is 10.3. The van der Waals surface area contributed by atoms with Crippen LogP contribution >= 0.6 is 0 Å². The van der Waals surface area contributed by atoms with Gasteiger partial charge in [-0.15, -0.1) is 0 Å². The third-order valence-corrected chi connectivity index (χ3v) is 9.62. The number of epoxide rings is 3.